The number of hydrogen-bond acceptors (Lipinski definition) is 6. The highest BCUT2D eigenvalue weighted by Crippen LogP contribution is 2.17. The molecule has 0 saturated heterocycles. The summed E-state index contributed by atoms with van der Waals surface area (Å²) >= 11 is 0. The molecule has 0 N–H and O–H groups in total. The molecular formula is C60H110O6. The van der Waals surface area contributed by atoms with E-state index in [2.05, 4.69) is 57.2 Å². The average Bonchev–Trinajstić information content (AvgIpc) is 3.31. The lowest BCUT2D eigenvalue weighted by Gasteiger charge is -2.18. The number of unbranched alkanes of at least 4 members (excludes halogenated alkanes) is 36. The third-order valence-corrected chi connectivity index (χ3v) is 12.9. The lowest BCUT2D eigenvalue weighted by atomic mass is 10.0. The fourth-order valence-corrected chi connectivity index (χ4v) is 8.51. The van der Waals surface area contributed by atoms with E-state index in [1.54, 1.807) is 0 Å². The van der Waals surface area contributed by atoms with Crippen molar-refractivity contribution in [3.05, 3.63) is 36.5 Å². The van der Waals surface area contributed by atoms with Gasteiger partial charge in [0.25, 0.3) is 0 Å². The van der Waals surface area contributed by atoms with E-state index in [0.717, 1.165) is 77.0 Å². The summed E-state index contributed by atoms with van der Waals surface area (Å²) in [6.45, 7) is 6.62. The van der Waals surface area contributed by atoms with Crippen molar-refractivity contribution in [3.63, 3.8) is 0 Å². The molecule has 0 saturated carbocycles. The third kappa shape index (κ3) is 52.6. The minimum absolute atomic E-state index is 0.0731. The molecule has 0 aromatic rings. The number of hydrogen-bond donors (Lipinski definition) is 0. The van der Waals surface area contributed by atoms with Crippen molar-refractivity contribution in [2.24, 2.45) is 0 Å². The zero-order valence-corrected chi connectivity index (χ0v) is 44.2. The van der Waals surface area contributed by atoms with Crippen LogP contribution in [0.25, 0.3) is 0 Å². The lowest BCUT2D eigenvalue weighted by molar-refractivity contribution is -0.167. The molecule has 66 heavy (non-hydrogen) atoms. The van der Waals surface area contributed by atoms with Gasteiger partial charge >= 0.3 is 17.9 Å². The van der Waals surface area contributed by atoms with E-state index in [1.807, 2.05) is 0 Å². The summed E-state index contributed by atoms with van der Waals surface area (Å²) in [5, 5.41) is 0. The highest BCUT2D eigenvalue weighted by molar-refractivity contribution is 5.71. The predicted molar refractivity (Wildman–Crippen MR) is 284 cm³/mol. The first-order valence-electron chi connectivity index (χ1n) is 29.0. The molecule has 6 heteroatoms. The van der Waals surface area contributed by atoms with Gasteiger partial charge < -0.3 is 14.2 Å². The Morgan fingerprint density at radius 1 is 0.303 bits per heavy atom. The summed E-state index contributed by atoms with van der Waals surface area (Å²) in [7, 11) is 0. The van der Waals surface area contributed by atoms with Gasteiger partial charge in [0.1, 0.15) is 13.2 Å². The maximum Gasteiger partial charge on any atom is 0.306 e. The van der Waals surface area contributed by atoms with Crippen LogP contribution in [0.15, 0.2) is 36.5 Å². The van der Waals surface area contributed by atoms with Crippen LogP contribution < -0.4 is 0 Å². The number of rotatable bonds is 53. The standard InChI is InChI=1S/C60H110O6/c1-4-7-10-13-16-19-21-23-25-27-29-31-32-34-36-38-41-44-47-50-53-59(62)65-56-57(55-64-58(61)52-49-46-43-40-18-15-12-9-6-3)66-60(63)54-51-48-45-42-39-37-35-33-30-28-26-24-22-20-17-14-11-8-5-2/h17,20,24,26,30,33,57H,4-16,18-19,21-23,25,27-29,31-32,34-56H2,1-3H3/b20-17-,26-24-,33-30-. The van der Waals surface area contributed by atoms with Crippen LogP contribution in [0.3, 0.4) is 0 Å². The number of esters is 3. The highest BCUT2D eigenvalue weighted by atomic mass is 16.6. The van der Waals surface area contributed by atoms with E-state index >= 15 is 0 Å². The van der Waals surface area contributed by atoms with Gasteiger partial charge in [0.2, 0.25) is 0 Å². The number of carbonyl (C=O) groups excluding carboxylic acids is 3. The summed E-state index contributed by atoms with van der Waals surface area (Å²) in [4.78, 5) is 38.0. The van der Waals surface area contributed by atoms with Gasteiger partial charge in [0.05, 0.1) is 0 Å². The predicted octanol–water partition coefficient (Wildman–Crippen LogP) is 19.3. The molecule has 0 spiro atoms. The molecule has 0 radical (unpaired) electrons. The SMILES string of the molecule is CCCCC/C=C\C/C=C\C/C=C\CCCCCCCCC(=O)OC(COC(=O)CCCCCCCCCCC)COC(=O)CCCCCCCCCCCCCCCCCCCCCC. The maximum atomic E-state index is 12.8. The molecule has 0 heterocycles. The fraction of sp³-hybridized carbons (Fsp3) is 0.850. The molecule has 0 aromatic heterocycles. The Bertz CT molecular complexity index is 1110. The second kappa shape index (κ2) is 55.2. The maximum absolute atomic E-state index is 12.8. The smallest absolute Gasteiger partial charge is 0.306 e. The van der Waals surface area contributed by atoms with Crippen LogP contribution in [0.1, 0.15) is 310 Å². The third-order valence-electron chi connectivity index (χ3n) is 12.9. The van der Waals surface area contributed by atoms with E-state index in [1.165, 1.54) is 193 Å². The Hall–Kier alpha value is -2.37. The monoisotopic (exact) mass is 927 g/mol. The first kappa shape index (κ1) is 63.6. The molecule has 0 aromatic carbocycles. The van der Waals surface area contributed by atoms with Crippen LogP contribution in [0.5, 0.6) is 0 Å². The summed E-state index contributed by atoms with van der Waals surface area (Å²) in [5.74, 6) is -0.871. The van der Waals surface area contributed by atoms with Crippen molar-refractivity contribution in [2.45, 2.75) is 316 Å². The molecule has 0 amide bonds. The van der Waals surface area contributed by atoms with Crippen molar-refractivity contribution in [3.8, 4) is 0 Å². The largest absolute Gasteiger partial charge is 0.462 e. The Morgan fingerprint density at radius 2 is 0.545 bits per heavy atom. The molecule has 0 aliphatic rings. The molecule has 1 atom stereocenters. The minimum atomic E-state index is -0.774. The van der Waals surface area contributed by atoms with Crippen LogP contribution in [0.2, 0.25) is 0 Å². The van der Waals surface area contributed by atoms with Gasteiger partial charge in [-0.2, -0.15) is 0 Å². The van der Waals surface area contributed by atoms with Crippen LogP contribution in [0, 0.1) is 0 Å². The summed E-state index contributed by atoms with van der Waals surface area (Å²) < 4.78 is 16.8. The highest BCUT2D eigenvalue weighted by Gasteiger charge is 2.19. The van der Waals surface area contributed by atoms with Crippen molar-refractivity contribution in [1.82, 2.24) is 0 Å². The van der Waals surface area contributed by atoms with Gasteiger partial charge in [-0.05, 0) is 57.8 Å². The van der Waals surface area contributed by atoms with Gasteiger partial charge in [-0.1, -0.05) is 269 Å². The molecule has 6 nitrogen and oxygen atoms in total. The molecule has 386 valence electrons. The van der Waals surface area contributed by atoms with Crippen LogP contribution in [-0.2, 0) is 28.6 Å². The Balaban J connectivity index is 4.25. The van der Waals surface area contributed by atoms with E-state index in [0.29, 0.717) is 19.3 Å². The number of carbonyl (C=O) groups is 3. The Kier molecular flexibility index (Phi) is 53.2. The molecule has 0 bridgehead atoms. The normalized spacial score (nSPS) is 12.2. The fourth-order valence-electron chi connectivity index (χ4n) is 8.51. The Morgan fingerprint density at radius 3 is 0.879 bits per heavy atom. The van der Waals surface area contributed by atoms with Gasteiger partial charge in [0.15, 0.2) is 6.10 Å². The van der Waals surface area contributed by atoms with E-state index in [4.69, 9.17) is 14.2 Å². The van der Waals surface area contributed by atoms with Crippen molar-refractivity contribution < 1.29 is 28.6 Å². The first-order valence-corrected chi connectivity index (χ1v) is 29.0. The zero-order valence-electron chi connectivity index (χ0n) is 44.2. The minimum Gasteiger partial charge on any atom is -0.462 e. The van der Waals surface area contributed by atoms with Gasteiger partial charge in [-0.25, -0.2) is 0 Å². The molecule has 0 aliphatic heterocycles. The lowest BCUT2D eigenvalue weighted by Crippen LogP contribution is -2.30. The van der Waals surface area contributed by atoms with E-state index < -0.39 is 6.10 Å². The topological polar surface area (TPSA) is 78.9 Å². The van der Waals surface area contributed by atoms with E-state index in [-0.39, 0.29) is 31.1 Å². The second-order valence-electron chi connectivity index (χ2n) is 19.6. The summed E-state index contributed by atoms with van der Waals surface area (Å²) in [5.41, 5.74) is 0. The van der Waals surface area contributed by atoms with Gasteiger partial charge in [-0.3, -0.25) is 14.4 Å². The molecule has 0 fully saturated rings. The second-order valence-corrected chi connectivity index (χ2v) is 19.6. The van der Waals surface area contributed by atoms with Crippen molar-refractivity contribution >= 4 is 17.9 Å². The molecule has 1 unspecified atom stereocenters. The molecule has 0 rings (SSSR count). The average molecular weight is 928 g/mol. The molecule has 0 aliphatic carbocycles. The summed E-state index contributed by atoms with van der Waals surface area (Å²) in [6, 6.07) is 0. The quantitative estimate of drug-likeness (QED) is 0.0262. The van der Waals surface area contributed by atoms with Gasteiger partial charge in [0, 0.05) is 19.3 Å². The molecular weight excluding hydrogens is 817 g/mol. The van der Waals surface area contributed by atoms with E-state index in [9.17, 15) is 14.4 Å². The van der Waals surface area contributed by atoms with Gasteiger partial charge in [-0.15, -0.1) is 0 Å². The van der Waals surface area contributed by atoms with Crippen LogP contribution in [0.4, 0.5) is 0 Å². The van der Waals surface area contributed by atoms with Crippen LogP contribution in [-0.4, -0.2) is 37.2 Å². The van der Waals surface area contributed by atoms with Crippen LogP contribution >= 0.6 is 0 Å². The Labute approximate surface area is 410 Å². The van der Waals surface area contributed by atoms with Crippen molar-refractivity contribution in [2.75, 3.05) is 13.2 Å². The van der Waals surface area contributed by atoms with Crippen molar-refractivity contribution in [1.29, 1.82) is 0 Å². The zero-order chi connectivity index (χ0) is 47.9. The first-order chi connectivity index (χ1) is 32.5. The number of allylic oxidation sites excluding steroid dienone is 6. The summed E-state index contributed by atoms with van der Waals surface area (Å²) in [6.07, 6.45) is 65.7. The number of ether oxygens (including phenoxy) is 3.